The molecule has 132 valence electrons. The number of hydrogen-bond acceptors (Lipinski definition) is 7. The summed E-state index contributed by atoms with van der Waals surface area (Å²) in [5.74, 6) is 0.346. The molecule has 1 heterocycles. The fraction of sp³-hybridized carbons (Fsp3) is 0.412. The van der Waals surface area contributed by atoms with E-state index < -0.39 is 4.92 Å². The van der Waals surface area contributed by atoms with E-state index in [4.69, 9.17) is 5.73 Å². The molecule has 1 saturated carbocycles. The van der Waals surface area contributed by atoms with E-state index in [-0.39, 0.29) is 23.4 Å². The van der Waals surface area contributed by atoms with Crippen LogP contribution in [0.25, 0.3) is 0 Å². The summed E-state index contributed by atoms with van der Waals surface area (Å²) < 4.78 is 0. The van der Waals surface area contributed by atoms with Crippen molar-refractivity contribution in [2.75, 3.05) is 16.4 Å². The van der Waals surface area contributed by atoms with Crippen LogP contribution in [0.2, 0.25) is 0 Å². The van der Waals surface area contributed by atoms with Crippen molar-refractivity contribution in [2.24, 2.45) is 0 Å². The molecule has 0 saturated heterocycles. The first kappa shape index (κ1) is 16.9. The maximum Gasteiger partial charge on any atom is 0.353 e. The largest absolute Gasteiger partial charge is 0.378 e. The van der Waals surface area contributed by atoms with E-state index in [1.807, 2.05) is 30.3 Å². The third-order valence-corrected chi connectivity index (χ3v) is 4.33. The second-order valence-electron chi connectivity index (χ2n) is 6.21. The van der Waals surface area contributed by atoms with E-state index in [0.717, 1.165) is 18.4 Å². The molecule has 0 radical (unpaired) electrons. The molecule has 1 aliphatic carbocycles. The lowest BCUT2D eigenvalue weighted by Gasteiger charge is -2.23. The van der Waals surface area contributed by atoms with Gasteiger partial charge in [-0.1, -0.05) is 49.6 Å². The van der Waals surface area contributed by atoms with Gasteiger partial charge in [-0.05, 0) is 18.4 Å². The number of aromatic nitrogens is 2. The molecule has 3 rings (SSSR count). The van der Waals surface area contributed by atoms with Crippen molar-refractivity contribution in [3.63, 3.8) is 0 Å². The van der Waals surface area contributed by atoms with Crippen LogP contribution in [-0.4, -0.2) is 20.9 Å². The molecular weight excluding hydrogens is 320 g/mol. The van der Waals surface area contributed by atoms with Crippen LogP contribution < -0.4 is 16.4 Å². The Morgan fingerprint density at radius 2 is 1.88 bits per heavy atom. The second-order valence-corrected chi connectivity index (χ2v) is 6.21. The first-order chi connectivity index (χ1) is 12.1. The smallest absolute Gasteiger partial charge is 0.353 e. The summed E-state index contributed by atoms with van der Waals surface area (Å²) in [7, 11) is 0. The van der Waals surface area contributed by atoms with Gasteiger partial charge in [0.1, 0.15) is 0 Å². The van der Waals surface area contributed by atoms with Crippen LogP contribution in [0, 0.1) is 10.1 Å². The molecule has 0 amide bonds. The van der Waals surface area contributed by atoms with E-state index in [0.29, 0.717) is 12.5 Å². The molecule has 1 aromatic heterocycles. The number of nitrogens with two attached hydrogens (primary N) is 1. The van der Waals surface area contributed by atoms with Gasteiger partial charge in [0.15, 0.2) is 0 Å². The van der Waals surface area contributed by atoms with Crippen molar-refractivity contribution in [1.29, 1.82) is 0 Å². The predicted molar refractivity (Wildman–Crippen MR) is 97.4 cm³/mol. The molecule has 1 aromatic carbocycles. The molecule has 4 N–H and O–H groups in total. The maximum atomic E-state index is 11.3. The van der Waals surface area contributed by atoms with Gasteiger partial charge in [0.25, 0.3) is 0 Å². The lowest BCUT2D eigenvalue weighted by Crippen LogP contribution is -2.24. The SMILES string of the molecule is Nc1nc(NC2CCCCC2)nc(NCc2ccccc2)c1[N+](=O)[O-]. The number of hydrogen-bond donors (Lipinski definition) is 3. The maximum absolute atomic E-state index is 11.3. The Morgan fingerprint density at radius 3 is 2.56 bits per heavy atom. The topological polar surface area (TPSA) is 119 Å². The standard InChI is InChI=1S/C17H22N6O2/c18-15-14(23(24)25)16(19-11-12-7-3-1-4-8-12)22-17(21-15)20-13-9-5-2-6-10-13/h1,3-4,7-8,13H,2,5-6,9-11H2,(H4,18,19,20,21,22). The molecule has 2 aromatic rings. The summed E-state index contributed by atoms with van der Waals surface area (Å²) in [6.07, 6.45) is 5.67. The molecule has 8 heteroatoms. The quantitative estimate of drug-likeness (QED) is 0.544. The Labute approximate surface area is 146 Å². The van der Waals surface area contributed by atoms with Gasteiger partial charge >= 0.3 is 5.69 Å². The van der Waals surface area contributed by atoms with Gasteiger partial charge < -0.3 is 16.4 Å². The average Bonchev–Trinajstić information content (AvgIpc) is 2.61. The number of nitrogens with zero attached hydrogens (tertiary/aromatic N) is 3. The molecule has 1 fully saturated rings. The van der Waals surface area contributed by atoms with Gasteiger partial charge in [0.05, 0.1) is 4.92 Å². The highest BCUT2D eigenvalue weighted by Crippen LogP contribution is 2.30. The Morgan fingerprint density at radius 1 is 1.16 bits per heavy atom. The Bertz CT molecular complexity index is 731. The molecule has 0 spiro atoms. The normalized spacial score (nSPS) is 14.9. The van der Waals surface area contributed by atoms with Crippen LogP contribution in [-0.2, 0) is 6.54 Å². The molecule has 1 aliphatic rings. The highest BCUT2D eigenvalue weighted by molar-refractivity contribution is 5.70. The zero-order chi connectivity index (χ0) is 17.6. The van der Waals surface area contributed by atoms with E-state index >= 15 is 0 Å². The average molecular weight is 342 g/mol. The Hall–Kier alpha value is -2.90. The molecule has 0 atom stereocenters. The van der Waals surface area contributed by atoms with Gasteiger partial charge in [-0.2, -0.15) is 9.97 Å². The molecular formula is C17H22N6O2. The van der Waals surface area contributed by atoms with E-state index in [1.165, 1.54) is 19.3 Å². The molecule has 0 unspecified atom stereocenters. The first-order valence-electron chi connectivity index (χ1n) is 8.49. The minimum atomic E-state index is -0.549. The minimum absolute atomic E-state index is 0.131. The van der Waals surface area contributed by atoms with Crippen LogP contribution in [0.1, 0.15) is 37.7 Å². The highest BCUT2D eigenvalue weighted by atomic mass is 16.6. The summed E-state index contributed by atoms with van der Waals surface area (Å²) in [4.78, 5) is 19.2. The zero-order valence-corrected chi connectivity index (χ0v) is 13.9. The van der Waals surface area contributed by atoms with Gasteiger partial charge in [0.2, 0.25) is 17.6 Å². The molecule has 0 bridgehead atoms. The van der Waals surface area contributed by atoms with Crippen molar-refractivity contribution >= 4 is 23.3 Å². The predicted octanol–water partition coefficient (Wildman–Crippen LogP) is 3.32. The van der Waals surface area contributed by atoms with Crippen molar-refractivity contribution in [3.05, 3.63) is 46.0 Å². The number of nitrogens with one attached hydrogen (secondary N) is 2. The fourth-order valence-electron chi connectivity index (χ4n) is 3.05. The summed E-state index contributed by atoms with van der Waals surface area (Å²) in [5, 5.41) is 17.6. The number of anilines is 3. The molecule has 8 nitrogen and oxygen atoms in total. The summed E-state index contributed by atoms with van der Waals surface area (Å²) in [6.45, 7) is 0.418. The van der Waals surface area contributed by atoms with Crippen molar-refractivity contribution in [2.45, 2.75) is 44.7 Å². The van der Waals surface area contributed by atoms with Crippen molar-refractivity contribution in [1.82, 2.24) is 9.97 Å². The molecule has 0 aliphatic heterocycles. The lowest BCUT2D eigenvalue weighted by atomic mass is 9.96. The fourth-order valence-corrected chi connectivity index (χ4v) is 3.05. The minimum Gasteiger partial charge on any atom is -0.378 e. The highest BCUT2D eigenvalue weighted by Gasteiger charge is 2.24. The van der Waals surface area contributed by atoms with Gasteiger partial charge in [0, 0.05) is 12.6 Å². The van der Waals surface area contributed by atoms with Crippen molar-refractivity contribution in [3.8, 4) is 0 Å². The van der Waals surface area contributed by atoms with Crippen LogP contribution in [0.3, 0.4) is 0 Å². The molecule has 25 heavy (non-hydrogen) atoms. The van der Waals surface area contributed by atoms with E-state index in [9.17, 15) is 10.1 Å². The number of nitrogen functional groups attached to an aromatic ring is 1. The monoisotopic (exact) mass is 342 g/mol. The number of nitro groups is 1. The van der Waals surface area contributed by atoms with Gasteiger partial charge in [-0.25, -0.2) is 0 Å². The first-order valence-corrected chi connectivity index (χ1v) is 8.49. The van der Waals surface area contributed by atoms with E-state index in [1.54, 1.807) is 0 Å². The Kier molecular flexibility index (Phi) is 5.27. The third-order valence-electron chi connectivity index (χ3n) is 4.33. The summed E-state index contributed by atoms with van der Waals surface area (Å²) in [5.41, 5.74) is 6.53. The summed E-state index contributed by atoms with van der Waals surface area (Å²) in [6, 6.07) is 9.90. The number of rotatable bonds is 6. The zero-order valence-electron chi connectivity index (χ0n) is 13.9. The van der Waals surface area contributed by atoms with Crippen LogP contribution >= 0.6 is 0 Å². The van der Waals surface area contributed by atoms with Gasteiger partial charge in [-0.15, -0.1) is 0 Å². The second kappa shape index (κ2) is 7.78. The Balaban J connectivity index is 1.81. The van der Waals surface area contributed by atoms with Crippen molar-refractivity contribution < 1.29 is 4.92 Å². The number of benzene rings is 1. The van der Waals surface area contributed by atoms with Crippen LogP contribution in [0.4, 0.5) is 23.3 Å². The van der Waals surface area contributed by atoms with Crippen LogP contribution in [0.15, 0.2) is 30.3 Å². The van der Waals surface area contributed by atoms with E-state index in [2.05, 4.69) is 20.6 Å². The van der Waals surface area contributed by atoms with Crippen LogP contribution in [0.5, 0.6) is 0 Å². The lowest BCUT2D eigenvalue weighted by molar-refractivity contribution is -0.383. The van der Waals surface area contributed by atoms with Gasteiger partial charge in [-0.3, -0.25) is 10.1 Å². The third kappa shape index (κ3) is 4.34. The summed E-state index contributed by atoms with van der Waals surface area (Å²) >= 11 is 0.